The van der Waals surface area contributed by atoms with Crippen molar-refractivity contribution in [3.63, 3.8) is 0 Å². The highest BCUT2D eigenvalue weighted by molar-refractivity contribution is 6.35. The largest absolute Gasteiger partial charge is 0.491 e. The molecule has 0 bridgehead atoms. The van der Waals surface area contributed by atoms with Crippen LogP contribution in [0.3, 0.4) is 0 Å². The van der Waals surface area contributed by atoms with Crippen molar-refractivity contribution in [3.8, 4) is 5.75 Å². The SMILES string of the molecule is OC(CNc1cc(Cl)ccc1Cl)COc1ccc(Cl)cc1. The second-order valence-electron chi connectivity index (χ2n) is 4.42. The minimum absolute atomic E-state index is 0.160. The van der Waals surface area contributed by atoms with Gasteiger partial charge in [0.25, 0.3) is 0 Å². The molecule has 0 radical (unpaired) electrons. The number of rotatable bonds is 6. The molecule has 1 atom stereocenters. The molecule has 112 valence electrons. The van der Waals surface area contributed by atoms with Gasteiger partial charge < -0.3 is 15.2 Å². The summed E-state index contributed by atoms with van der Waals surface area (Å²) in [7, 11) is 0. The Balaban J connectivity index is 1.80. The molecule has 1 unspecified atom stereocenters. The average molecular weight is 347 g/mol. The maximum Gasteiger partial charge on any atom is 0.119 e. The fraction of sp³-hybridized carbons (Fsp3) is 0.200. The molecule has 2 aromatic carbocycles. The smallest absolute Gasteiger partial charge is 0.119 e. The summed E-state index contributed by atoms with van der Waals surface area (Å²) in [5, 5.41) is 14.7. The number of hydrogen-bond acceptors (Lipinski definition) is 3. The third-order valence-electron chi connectivity index (χ3n) is 2.71. The highest BCUT2D eigenvalue weighted by atomic mass is 35.5. The molecule has 0 saturated carbocycles. The van der Waals surface area contributed by atoms with Gasteiger partial charge in [-0.3, -0.25) is 0 Å². The van der Waals surface area contributed by atoms with Gasteiger partial charge in [0, 0.05) is 16.6 Å². The fourth-order valence-electron chi connectivity index (χ4n) is 1.64. The molecule has 0 spiro atoms. The van der Waals surface area contributed by atoms with E-state index in [0.29, 0.717) is 33.0 Å². The quantitative estimate of drug-likeness (QED) is 0.809. The van der Waals surface area contributed by atoms with Crippen molar-refractivity contribution >= 4 is 40.5 Å². The summed E-state index contributed by atoms with van der Waals surface area (Å²) in [6.45, 7) is 0.459. The molecule has 0 aliphatic heterocycles. The molecule has 21 heavy (non-hydrogen) atoms. The maximum absolute atomic E-state index is 9.90. The molecule has 3 nitrogen and oxygen atoms in total. The van der Waals surface area contributed by atoms with Crippen molar-refractivity contribution in [2.24, 2.45) is 0 Å². The lowest BCUT2D eigenvalue weighted by molar-refractivity contribution is 0.117. The Morgan fingerprint density at radius 3 is 2.38 bits per heavy atom. The van der Waals surface area contributed by atoms with E-state index in [2.05, 4.69) is 5.32 Å². The van der Waals surface area contributed by atoms with E-state index in [0.717, 1.165) is 0 Å². The molecular formula is C15H14Cl3NO2. The van der Waals surface area contributed by atoms with Gasteiger partial charge in [0.15, 0.2) is 0 Å². The summed E-state index contributed by atoms with van der Waals surface area (Å²) in [4.78, 5) is 0. The molecule has 0 aliphatic carbocycles. The molecule has 0 aromatic heterocycles. The number of anilines is 1. The summed E-state index contributed by atoms with van der Waals surface area (Å²) >= 11 is 17.7. The van der Waals surface area contributed by atoms with Gasteiger partial charge in [-0.1, -0.05) is 34.8 Å². The van der Waals surface area contributed by atoms with Crippen molar-refractivity contribution in [1.82, 2.24) is 0 Å². The van der Waals surface area contributed by atoms with Gasteiger partial charge >= 0.3 is 0 Å². The van der Waals surface area contributed by atoms with Gasteiger partial charge in [-0.2, -0.15) is 0 Å². The topological polar surface area (TPSA) is 41.5 Å². The number of ether oxygens (including phenoxy) is 1. The fourth-order valence-corrected chi connectivity index (χ4v) is 2.13. The van der Waals surface area contributed by atoms with Crippen molar-refractivity contribution in [3.05, 3.63) is 57.5 Å². The summed E-state index contributed by atoms with van der Waals surface area (Å²) < 4.78 is 5.46. The summed E-state index contributed by atoms with van der Waals surface area (Å²) in [5.74, 6) is 0.652. The van der Waals surface area contributed by atoms with Crippen LogP contribution in [0.4, 0.5) is 5.69 Å². The first kappa shape index (κ1) is 16.2. The molecule has 6 heteroatoms. The van der Waals surface area contributed by atoms with E-state index in [9.17, 15) is 5.11 Å². The number of aliphatic hydroxyl groups excluding tert-OH is 1. The highest BCUT2D eigenvalue weighted by Crippen LogP contribution is 2.25. The summed E-state index contributed by atoms with van der Waals surface area (Å²) in [6.07, 6.45) is -0.685. The number of hydrogen-bond donors (Lipinski definition) is 2. The minimum atomic E-state index is -0.685. The Labute approximate surface area is 138 Å². The normalized spacial score (nSPS) is 12.0. The number of aliphatic hydroxyl groups is 1. The zero-order valence-electron chi connectivity index (χ0n) is 11.0. The van der Waals surface area contributed by atoms with Gasteiger partial charge in [0.2, 0.25) is 0 Å². The van der Waals surface area contributed by atoms with Crippen LogP contribution in [-0.2, 0) is 0 Å². The van der Waals surface area contributed by atoms with E-state index in [1.165, 1.54) is 0 Å². The lowest BCUT2D eigenvalue weighted by atomic mass is 10.3. The Bertz CT molecular complexity index is 590. The van der Waals surface area contributed by atoms with Gasteiger partial charge in [-0.05, 0) is 42.5 Å². The van der Waals surface area contributed by atoms with Crippen molar-refractivity contribution < 1.29 is 9.84 Å². The van der Waals surface area contributed by atoms with E-state index in [-0.39, 0.29) is 6.61 Å². The molecule has 0 aliphatic rings. The van der Waals surface area contributed by atoms with Crippen LogP contribution in [0.5, 0.6) is 5.75 Å². The van der Waals surface area contributed by atoms with Crippen LogP contribution >= 0.6 is 34.8 Å². The average Bonchev–Trinajstić information content (AvgIpc) is 2.47. The Kier molecular flexibility index (Phi) is 6.00. The number of nitrogens with one attached hydrogen (secondary N) is 1. The third-order valence-corrected chi connectivity index (χ3v) is 3.53. The second kappa shape index (κ2) is 7.76. The van der Waals surface area contributed by atoms with Crippen molar-refractivity contribution in [2.45, 2.75) is 6.10 Å². The van der Waals surface area contributed by atoms with Crippen LogP contribution < -0.4 is 10.1 Å². The van der Waals surface area contributed by atoms with E-state index in [1.54, 1.807) is 42.5 Å². The zero-order chi connectivity index (χ0) is 15.2. The van der Waals surface area contributed by atoms with Crippen LogP contribution in [0.25, 0.3) is 0 Å². The first-order valence-corrected chi connectivity index (χ1v) is 7.43. The lowest BCUT2D eigenvalue weighted by Gasteiger charge is -2.15. The molecule has 0 saturated heterocycles. The Morgan fingerprint density at radius 1 is 1.00 bits per heavy atom. The molecule has 2 aromatic rings. The standard InChI is InChI=1S/C15H14Cl3NO2/c16-10-1-4-13(5-2-10)21-9-12(20)8-19-15-7-11(17)3-6-14(15)18/h1-7,12,19-20H,8-9H2. The van der Waals surface area contributed by atoms with Crippen LogP contribution in [0, 0.1) is 0 Å². The van der Waals surface area contributed by atoms with Gasteiger partial charge in [-0.15, -0.1) is 0 Å². The van der Waals surface area contributed by atoms with Crippen LogP contribution in [0.1, 0.15) is 0 Å². The minimum Gasteiger partial charge on any atom is -0.491 e. The molecule has 2 rings (SSSR count). The summed E-state index contributed by atoms with van der Waals surface area (Å²) in [5.41, 5.74) is 0.676. The zero-order valence-corrected chi connectivity index (χ0v) is 13.3. The highest BCUT2D eigenvalue weighted by Gasteiger charge is 2.07. The van der Waals surface area contributed by atoms with E-state index in [4.69, 9.17) is 39.5 Å². The third kappa shape index (κ3) is 5.29. The van der Waals surface area contributed by atoms with Gasteiger partial charge in [0.05, 0.1) is 10.7 Å². The predicted molar refractivity (Wildman–Crippen MR) is 87.9 cm³/mol. The van der Waals surface area contributed by atoms with Gasteiger partial charge in [-0.25, -0.2) is 0 Å². The molecule has 0 amide bonds. The first-order chi connectivity index (χ1) is 10.0. The van der Waals surface area contributed by atoms with E-state index < -0.39 is 6.10 Å². The number of halogens is 3. The monoisotopic (exact) mass is 345 g/mol. The van der Waals surface area contributed by atoms with Crippen molar-refractivity contribution in [2.75, 3.05) is 18.5 Å². The van der Waals surface area contributed by atoms with E-state index >= 15 is 0 Å². The molecule has 0 heterocycles. The summed E-state index contributed by atoms with van der Waals surface area (Å²) in [6, 6.07) is 12.1. The van der Waals surface area contributed by atoms with Gasteiger partial charge in [0.1, 0.15) is 18.5 Å². The molecule has 2 N–H and O–H groups in total. The molecule has 0 fully saturated rings. The van der Waals surface area contributed by atoms with Crippen LogP contribution in [0.2, 0.25) is 15.1 Å². The lowest BCUT2D eigenvalue weighted by Crippen LogP contribution is -2.26. The van der Waals surface area contributed by atoms with Crippen LogP contribution in [0.15, 0.2) is 42.5 Å². The maximum atomic E-state index is 9.90. The Hall–Kier alpha value is -1.13. The number of benzene rings is 2. The predicted octanol–water partition coefficient (Wildman–Crippen LogP) is 4.50. The van der Waals surface area contributed by atoms with E-state index in [1.807, 2.05) is 0 Å². The van der Waals surface area contributed by atoms with Crippen LogP contribution in [-0.4, -0.2) is 24.4 Å². The van der Waals surface area contributed by atoms with Crippen molar-refractivity contribution in [1.29, 1.82) is 0 Å². The Morgan fingerprint density at radius 2 is 1.67 bits per heavy atom. The first-order valence-electron chi connectivity index (χ1n) is 6.30. The second-order valence-corrected chi connectivity index (χ2v) is 5.70. The molecular weight excluding hydrogens is 333 g/mol.